The Kier molecular flexibility index (Phi) is 3.05. The fourth-order valence-corrected chi connectivity index (χ4v) is 2.27. The minimum absolute atomic E-state index is 0.906. The van der Waals surface area contributed by atoms with Crippen molar-refractivity contribution in [1.82, 2.24) is 0 Å². The van der Waals surface area contributed by atoms with Crippen molar-refractivity contribution in [3.8, 4) is 0 Å². The van der Waals surface area contributed by atoms with Crippen LogP contribution in [-0.4, -0.2) is 12.3 Å². The molecule has 0 spiro atoms. The Morgan fingerprint density at radius 1 is 0.833 bits per heavy atom. The molecule has 0 bridgehead atoms. The van der Waals surface area contributed by atoms with E-state index in [1.807, 2.05) is 12.1 Å². The zero-order valence-electron chi connectivity index (χ0n) is 10.2. The molecule has 0 amide bonds. The largest absolute Gasteiger partial charge is 0.284 e. The molecule has 0 saturated heterocycles. The van der Waals surface area contributed by atoms with Gasteiger partial charge in [0.25, 0.3) is 0 Å². The van der Waals surface area contributed by atoms with Gasteiger partial charge in [-0.1, -0.05) is 60.7 Å². The number of hydrogen-bond acceptors (Lipinski definition) is 1. The minimum atomic E-state index is 0.906. The summed E-state index contributed by atoms with van der Waals surface area (Å²) in [5.41, 5.74) is 4.96. The third-order valence-corrected chi connectivity index (χ3v) is 3.14. The second kappa shape index (κ2) is 5.01. The van der Waals surface area contributed by atoms with Gasteiger partial charge in [0.2, 0.25) is 0 Å². The maximum absolute atomic E-state index is 4.63. The van der Waals surface area contributed by atoms with Crippen molar-refractivity contribution in [2.24, 2.45) is 4.99 Å². The van der Waals surface area contributed by atoms with Gasteiger partial charge in [0.1, 0.15) is 0 Å². The van der Waals surface area contributed by atoms with Crippen molar-refractivity contribution in [3.05, 3.63) is 77.4 Å². The Morgan fingerprint density at radius 2 is 1.50 bits per heavy atom. The summed E-state index contributed by atoms with van der Waals surface area (Å²) in [5, 5.41) is 0. The summed E-state index contributed by atoms with van der Waals surface area (Å²) in [6.45, 7) is 0.906. The zero-order chi connectivity index (χ0) is 12.2. The molecular weight excluding hydrogens is 218 g/mol. The van der Waals surface area contributed by atoms with Crippen LogP contribution in [0, 0.1) is 0 Å². The van der Waals surface area contributed by atoms with E-state index in [4.69, 9.17) is 0 Å². The monoisotopic (exact) mass is 233 g/mol. The lowest BCUT2D eigenvalue weighted by Gasteiger charge is -2.04. The fraction of sp³-hybridized carbons (Fsp3) is 0.118. The fourth-order valence-electron chi connectivity index (χ4n) is 2.27. The molecule has 0 aromatic heterocycles. The molecule has 88 valence electrons. The summed E-state index contributed by atoms with van der Waals surface area (Å²) < 4.78 is 0. The van der Waals surface area contributed by atoms with E-state index in [1.165, 1.54) is 16.7 Å². The molecule has 0 radical (unpaired) electrons. The molecule has 1 aliphatic heterocycles. The van der Waals surface area contributed by atoms with Crippen LogP contribution in [0.2, 0.25) is 0 Å². The van der Waals surface area contributed by atoms with Crippen molar-refractivity contribution in [2.45, 2.75) is 6.42 Å². The van der Waals surface area contributed by atoms with E-state index in [-0.39, 0.29) is 0 Å². The summed E-state index contributed by atoms with van der Waals surface area (Å²) in [6.07, 6.45) is 3.29. The first kappa shape index (κ1) is 11.0. The van der Waals surface area contributed by atoms with Gasteiger partial charge < -0.3 is 0 Å². The first-order valence-corrected chi connectivity index (χ1v) is 6.29. The number of nitrogens with zero attached hydrogens (tertiary/aromatic N) is 1. The lowest BCUT2D eigenvalue weighted by molar-refractivity contribution is 1.05. The van der Waals surface area contributed by atoms with Crippen LogP contribution in [0.25, 0.3) is 6.08 Å². The van der Waals surface area contributed by atoms with Gasteiger partial charge >= 0.3 is 0 Å². The molecule has 3 rings (SSSR count). The standard InChI is InChI=1S/C17H15N/c1-3-7-14(8-4-1)13-16-11-12-18-17(16)15-9-5-2-6-10-15/h1-10,13H,11-12H2/b16-13-. The molecule has 0 aliphatic carbocycles. The summed E-state index contributed by atoms with van der Waals surface area (Å²) >= 11 is 0. The van der Waals surface area contributed by atoms with Crippen molar-refractivity contribution in [3.63, 3.8) is 0 Å². The van der Waals surface area contributed by atoms with Crippen LogP contribution >= 0.6 is 0 Å². The number of hydrogen-bond donors (Lipinski definition) is 0. The lowest BCUT2D eigenvalue weighted by atomic mass is 10.00. The Balaban J connectivity index is 1.95. The van der Waals surface area contributed by atoms with Gasteiger partial charge in [-0.3, -0.25) is 4.99 Å². The molecule has 2 aromatic carbocycles. The van der Waals surface area contributed by atoms with Crippen LogP contribution in [0.4, 0.5) is 0 Å². The molecule has 0 N–H and O–H groups in total. The highest BCUT2D eigenvalue weighted by atomic mass is 14.8. The molecular formula is C17H15N. The van der Waals surface area contributed by atoms with Gasteiger partial charge in [0, 0.05) is 6.54 Å². The van der Waals surface area contributed by atoms with Gasteiger partial charge in [-0.05, 0) is 29.2 Å². The molecule has 18 heavy (non-hydrogen) atoms. The van der Waals surface area contributed by atoms with E-state index in [9.17, 15) is 0 Å². The first-order chi connectivity index (χ1) is 8.93. The van der Waals surface area contributed by atoms with E-state index >= 15 is 0 Å². The molecule has 2 aromatic rings. The SMILES string of the molecule is C(=C1\CCN=C1c1ccccc1)/c1ccccc1. The molecule has 0 atom stereocenters. The average Bonchev–Trinajstić information content (AvgIpc) is 2.89. The van der Waals surface area contributed by atoms with Gasteiger partial charge in [-0.15, -0.1) is 0 Å². The molecule has 1 aliphatic rings. The molecule has 0 saturated carbocycles. The second-order valence-corrected chi connectivity index (χ2v) is 4.43. The maximum Gasteiger partial charge on any atom is 0.0679 e. The second-order valence-electron chi connectivity index (χ2n) is 4.43. The van der Waals surface area contributed by atoms with E-state index in [0.29, 0.717) is 0 Å². The van der Waals surface area contributed by atoms with Crippen LogP contribution in [0.3, 0.4) is 0 Å². The molecule has 0 fully saturated rings. The molecule has 0 unspecified atom stereocenters. The Morgan fingerprint density at radius 3 is 2.22 bits per heavy atom. The first-order valence-electron chi connectivity index (χ1n) is 6.29. The highest BCUT2D eigenvalue weighted by Gasteiger charge is 2.14. The average molecular weight is 233 g/mol. The van der Waals surface area contributed by atoms with Gasteiger partial charge in [0.15, 0.2) is 0 Å². The summed E-state index contributed by atoms with van der Waals surface area (Å²) in [6, 6.07) is 20.9. The van der Waals surface area contributed by atoms with E-state index in [0.717, 1.165) is 18.7 Å². The van der Waals surface area contributed by atoms with E-state index in [2.05, 4.69) is 59.6 Å². The van der Waals surface area contributed by atoms with Gasteiger partial charge in [-0.25, -0.2) is 0 Å². The smallest absolute Gasteiger partial charge is 0.0679 e. The Labute approximate surface area is 108 Å². The van der Waals surface area contributed by atoms with E-state index < -0.39 is 0 Å². The quantitative estimate of drug-likeness (QED) is 0.744. The highest BCUT2D eigenvalue weighted by Crippen LogP contribution is 2.21. The maximum atomic E-state index is 4.63. The summed E-state index contributed by atoms with van der Waals surface area (Å²) in [4.78, 5) is 4.63. The third-order valence-electron chi connectivity index (χ3n) is 3.14. The topological polar surface area (TPSA) is 12.4 Å². The predicted molar refractivity (Wildman–Crippen MR) is 76.9 cm³/mol. The molecule has 1 heteroatoms. The van der Waals surface area contributed by atoms with Gasteiger partial charge in [0.05, 0.1) is 5.71 Å². The van der Waals surface area contributed by atoms with Crippen molar-refractivity contribution in [2.75, 3.05) is 6.54 Å². The van der Waals surface area contributed by atoms with Crippen LogP contribution < -0.4 is 0 Å². The van der Waals surface area contributed by atoms with E-state index in [1.54, 1.807) is 0 Å². The van der Waals surface area contributed by atoms with Crippen molar-refractivity contribution in [1.29, 1.82) is 0 Å². The lowest BCUT2D eigenvalue weighted by Crippen LogP contribution is -1.99. The number of aliphatic imine (C=N–C) groups is 1. The highest BCUT2D eigenvalue weighted by molar-refractivity contribution is 6.16. The van der Waals surface area contributed by atoms with Crippen molar-refractivity contribution >= 4 is 11.8 Å². The third kappa shape index (κ3) is 2.25. The number of benzene rings is 2. The minimum Gasteiger partial charge on any atom is -0.284 e. The Hall–Kier alpha value is -2.15. The molecule has 1 heterocycles. The predicted octanol–water partition coefficient (Wildman–Crippen LogP) is 3.96. The van der Waals surface area contributed by atoms with Crippen LogP contribution in [0.1, 0.15) is 17.5 Å². The number of rotatable bonds is 2. The normalized spacial score (nSPS) is 16.9. The zero-order valence-corrected chi connectivity index (χ0v) is 10.2. The Bertz CT molecular complexity index is 580. The molecule has 1 nitrogen and oxygen atoms in total. The van der Waals surface area contributed by atoms with Crippen molar-refractivity contribution < 1.29 is 0 Å². The summed E-state index contributed by atoms with van der Waals surface area (Å²) in [7, 11) is 0. The van der Waals surface area contributed by atoms with Crippen LogP contribution in [0.15, 0.2) is 71.2 Å². The van der Waals surface area contributed by atoms with Crippen LogP contribution in [-0.2, 0) is 0 Å². The van der Waals surface area contributed by atoms with Gasteiger partial charge in [-0.2, -0.15) is 0 Å². The summed E-state index contributed by atoms with van der Waals surface area (Å²) in [5.74, 6) is 0. The van der Waals surface area contributed by atoms with Crippen LogP contribution in [0.5, 0.6) is 0 Å².